The van der Waals surface area contributed by atoms with E-state index in [9.17, 15) is 14.7 Å². The summed E-state index contributed by atoms with van der Waals surface area (Å²) in [6.07, 6.45) is 6.74. The highest BCUT2D eigenvalue weighted by atomic mass is 35.5. The Bertz CT molecular complexity index is 1920. The zero-order valence-electron chi connectivity index (χ0n) is 28.8. The molecule has 1 saturated heterocycles. The average molecular weight is 695 g/mol. The Balaban J connectivity index is 1.21. The highest BCUT2D eigenvalue weighted by molar-refractivity contribution is 6.31. The van der Waals surface area contributed by atoms with Crippen molar-refractivity contribution in [3.63, 3.8) is 0 Å². The van der Waals surface area contributed by atoms with Crippen LogP contribution < -0.4 is 4.90 Å². The number of likely N-dealkylation sites (N-methyl/N-ethyl adjacent to an activating group) is 1. The second-order valence-electron chi connectivity index (χ2n) is 13.5. The molecule has 2 amide bonds. The summed E-state index contributed by atoms with van der Waals surface area (Å²) in [5.41, 5.74) is 4.68. The molecular weight excluding hydrogens is 652 g/mol. The van der Waals surface area contributed by atoms with Gasteiger partial charge in [-0.05, 0) is 80.3 Å². The number of morpholine rings is 1. The van der Waals surface area contributed by atoms with Gasteiger partial charge in [-0.3, -0.25) is 24.1 Å². The number of nitrogens with zero attached hydrogens (tertiary/aromatic N) is 6. The van der Waals surface area contributed by atoms with E-state index in [1.807, 2.05) is 61.2 Å². The fourth-order valence-corrected chi connectivity index (χ4v) is 7.54. The van der Waals surface area contributed by atoms with Crippen molar-refractivity contribution in [3.05, 3.63) is 112 Å². The van der Waals surface area contributed by atoms with E-state index in [2.05, 4.69) is 28.2 Å². The maximum Gasteiger partial charge on any atom is 0.257 e. The minimum Gasteiger partial charge on any atom is -0.508 e. The summed E-state index contributed by atoms with van der Waals surface area (Å²) in [6, 6.07) is 20.4. The van der Waals surface area contributed by atoms with Crippen LogP contribution in [0.4, 0.5) is 11.4 Å². The SMILES string of the molecule is CCn1cc(N(C(=O)C2(C)CC=C(c3cc(Cl)ccc3C(=O)N3Cc4ccccc4C[C@H]3CN3CCOCC3)N2C)c2ccc(O)cc2)cn1. The molecule has 0 bridgehead atoms. The summed E-state index contributed by atoms with van der Waals surface area (Å²) in [7, 11) is 1.90. The zero-order chi connectivity index (χ0) is 35.0. The fourth-order valence-electron chi connectivity index (χ4n) is 7.36. The quantitative estimate of drug-likeness (QED) is 0.243. The molecule has 1 N–H and O–H groups in total. The highest BCUT2D eigenvalue weighted by Gasteiger charge is 2.46. The molecule has 3 aliphatic heterocycles. The Morgan fingerprint density at radius 1 is 1.04 bits per heavy atom. The molecule has 2 atom stereocenters. The number of phenols is 1. The average Bonchev–Trinajstić information content (AvgIpc) is 3.73. The fraction of sp³-hybridized carbons (Fsp3) is 0.359. The van der Waals surface area contributed by atoms with Crippen LogP contribution >= 0.6 is 11.6 Å². The number of carbonyl (C=O) groups excluding carboxylic acids is 2. The lowest BCUT2D eigenvalue weighted by Crippen LogP contribution is -2.53. The number of amides is 2. The predicted molar refractivity (Wildman–Crippen MR) is 194 cm³/mol. The highest BCUT2D eigenvalue weighted by Crippen LogP contribution is 2.42. The number of phenolic OH excluding ortho intramolecular Hbond substituents is 1. The summed E-state index contributed by atoms with van der Waals surface area (Å²) in [5, 5.41) is 14.9. The Morgan fingerprint density at radius 3 is 2.50 bits per heavy atom. The van der Waals surface area contributed by atoms with E-state index >= 15 is 0 Å². The van der Waals surface area contributed by atoms with Crippen LogP contribution in [0, 0.1) is 0 Å². The molecule has 260 valence electrons. The normalized spacial score (nSPS) is 20.8. The molecular formula is C39H43ClN6O4. The molecule has 1 fully saturated rings. The number of benzene rings is 3. The van der Waals surface area contributed by atoms with E-state index in [4.69, 9.17) is 16.3 Å². The number of aryl methyl sites for hydroxylation is 1. The number of fused-ring (bicyclic) bond motifs is 1. The van der Waals surface area contributed by atoms with E-state index < -0.39 is 5.54 Å². The Labute approximate surface area is 298 Å². The molecule has 7 rings (SSSR count). The zero-order valence-corrected chi connectivity index (χ0v) is 29.5. The smallest absolute Gasteiger partial charge is 0.257 e. The molecule has 4 heterocycles. The third-order valence-electron chi connectivity index (χ3n) is 10.4. The van der Waals surface area contributed by atoms with Crippen LogP contribution in [-0.4, -0.2) is 92.9 Å². The van der Waals surface area contributed by atoms with Crippen molar-refractivity contribution in [1.82, 2.24) is 24.5 Å². The minimum atomic E-state index is -1.01. The maximum atomic E-state index is 14.8. The predicted octanol–water partition coefficient (Wildman–Crippen LogP) is 5.96. The molecule has 4 aromatic rings. The number of ether oxygens (including phenoxy) is 1. The third kappa shape index (κ3) is 6.39. The maximum absolute atomic E-state index is 14.8. The van der Waals surface area contributed by atoms with Gasteiger partial charge in [-0.1, -0.05) is 41.9 Å². The van der Waals surface area contributed by atoms with Gasteiger partial charge in [0, 0.05) is 79.5 Å². The first-order valence-electron chi connectivity index (χ1n) is 17.2. The van der Waals surface area contributed by atoms with E-state index in [0.717, 1.165) is 37.3 Å². The lowest BCUT2D eigenvalue weighted by atomic mass is 9.92. The number of hydrogen-bond donors (Lipinski definition) is 1. The number of anilines is 2. The van der Waals surface area contributed by atoms with Crippen molar-refractivity contribution in [1.29, 1.82) is 0 Å². The number of rotatable bonds is 8. The van der Waals surface area contributed by atoms with Crippen molar-refractivity contribution in [2.45, 2.75) is 51.4 Å². The minimum absolute atomic E-state index is 0.0101. The van der Waals surface area contributed by atoms with Gasteiger partial charge in [0.1, 0.15) is 11.3 Å². The Kier molecular flexibility index (Phi) is 9.43. The molecule has 3 aromatic carbocycles. The standard InChI is InChI=1S/C39H43ClN6O4/c1-4-44-26-32(23-41-44)46(30-10-12-33(47)13-11-30)38(49)39(2)16-15-36(42(39)3)35-22-29(40)9-14-34(35)37(48)45-24-28-8-6-5-7-27(28)21-31(45)25-43-17-19-50-20-18-43/h5-15,22-23,26,31,47H,4,16-21,24-25H2,1-3H3/t31-,39?/m0/s1. The lowest BCUT2D eigenvalue weighted by molar-refractivity contribution is -0.126. The van der Waals surface area contributed by atoms with Crippen LogP contribution in [0.15, 0.2) is 85.2 Å². The van der Waals surface area contributed by atoms with Crippen molar-refractivity contribution in [2.75, 3.05) is 44.8 Å². The van der Waals surface area contributed by atoms with Crippen LogP contribution in [-0.2, 0) is 29.0 Å². The van der Waals surface area contributed by atoms with Gasteiger partial charge >= 0.3 is 0 Å². The van der Waals surface area contributed by atoms with E-state index in [-0.39, 0.29) is 23.6 Å². The monoisotopic (exact) mass is 694 g/mol. The molecule has 0 radical (unpaired) electrons. The van der Waals surface area contributed by atoms with Crippen LogP contribution in [0.2, 0.25) is 5.02 Å². The molecule has 10 nitrogen and oxygen atoms in total. The van der Waals surface area contributed by atoms with E-state index in [0.29, 0.717) is 60.2 Å². The van der Waals surface area contributed by atoms with Gasteiger partial charge in [0.05, 0.1) is 25.1 Å². The second kappa shape index (κ2) is 13.9. The number of aromatic hydroxyl groups is 1. The summed E-state index contributed by atoms with van der Waals surface area (Å²) in [4.78, 5) is 37.6. The molecule has 3 aliphatic rings. The number of carbonyl (C=O) groups is 2. The summed E-state index contributed by atoms with van der Waals surface area (Å²) < 4.78 is 7.38. The van der Waals surface area contributed by atoms with Gasteiger partial charge < -0.3 is 19.6 Å². The van der Waals surface area contributed by atoms with Crippen LogP contribution in [0.25, 0.3) is 5.70 Å². The first kappa shape index (κ1) is 33.8. The molecule has 1 unspecified atom stereocenters. The first-order valence-corrected chi connectivity index (χ1v) is 17.6. The second-order valence-corrected chi connectivity index (χ2v) is 13.9. The molecule has 1 aromatic heterocycles. The van der Waals surface area contributed by atoms with Gasteiger partial charge in [-0.25, -0.2) is 0 Å². The topological polar surface area (TPSA) is 94.4 Å². The first-order chi connectivity index (χ1) is 24.2. The summed E-state index contributed by atoms with van der Waals surface area (Å²) in [5.74, 6) is -0.113. The summed E-state index contributed by atoms with van der Waals surface area (Å²) >= 11 is 6.64. The van der Waals surface area contributed by atoms with E-state index in [1.54, 1.807) is 46.1 Å². The largest absolute Gasteiger partial charge is 0.508 e. The van der Waals surface area contributed by atoms with Gasteiger partial charge in [-0.15, -0.1) is 0 Å². The van der Waals surface area contributed by atoms with Crippen LogP contribution in [0.1, 0.15) is 47.3 Å². The number of aromatic nitrogens is 2. The number of hydrogen-bond acceptors (Lipinski definition) is 7. The van der Waals surface area contributed by atoms with Crippen molar-refractivity contribution in [2.24, 2.45) is 0 Å². The third-order valence-corrected chi connectivity index (χ3v) is 10.7. The van der Waals surface area contributed by atoms with E-state index in [1.165, 1.54) is 5.56 Å². The van der Waals surface area contributed by atoms with Crippen LogP contribution in [0.3, 0.4) is 0 Å². The van der Waals surface area contributed by atoms with Gasteiger partial charge in [0.2, 0.25) is 0 Å². The van der Waals surface area contributed by atoms with Gasteiger partial charge in [-0.2, -0.15) is 5.10 Å². The summed E-state index contributed by atoms with van der Waals surface area (Å²) in [6.45, 7) is 8.93. The van der Waals surface area contributed by atoms with Crippen molar-refractivity contribution in [3.8, 4) is 5.75 Å². The van der Waals surface area contributed by atoms with Crippen molar-refractivity contribution >= 4 is 40.5 Å². The molecule has 11 heteroatoms. The molecule has 0 saturated carbocycles. The lowest BCUT2D eigenvalue weighted by Gasteiger charge is -2.41. The molecule has 50 heavy (non-hydrogen) atoms. The Morgan fingerprint density at radius 2 is 1.78 bits per heavy atom. The Hall–Kier alpha value is -4.64. The van der Waals surface area contributed by atoms with Crippen LogP contribution in [0.5, 0.6) is 5.75 Å². The van der Waals surface area contributed by atoms with Gasteiger partial charge in [0.15, 0.2) is 0 Å². The molecule has 0 spiro atoms. The number of halogens is 1. The van der Waals surface area contributed by atoms with Gasteiger partial charge in [0.25, 0.3) is 11.8 Å². The molecule has 0 aliphatic carbocycles. The van der Waals surface area contributed by atoms with Crippen molar-refractivity contribution < 1.29 is 19.4 Å².